The van der Waals surface area contributed by atoms with Gasteiger partial charge in [0, 0.05) is 18.0 Å². The van der Waals surface area contributed by atoms with Gasteiger partial charge in [-0.3, -0.25) is 9.78 Å². The SMILES string of the molecule is COc1ccc(N=N/C(=N\NC(=O)CSc2nc3ccccc3[nH]2)c2cccnc2)cc1. The number of methoxy groups -OCH3 is 1. The average molecular weight is 446 g/mol. The maximum atomic E-state index is 12.3. The highest BCUT2D eigenvalue weighted by Crippen LogP contribution is 2.19. The van der Waals surface area contributed by atoms with E-state index in [2.05, 4.69) is 35.7 Å². The van der Waals surface area contributed by atoms with E-state index < -0.39 is 0 Å². The van der Waals surface area contributed by atoms with E-state index in [1.165, 1.54) is 11.8 Å². The number of nitrogens with one attached hydrogen (secondary N) is 2. The molecule has 0 spiro atoms. The van der Waals surface area contributed by atoms with E-state index >= 15 is 0 Å². The van der Waals surface area contributed by atoms with Crippen LogP contribution >= 0.6 is 11.8 Å². The van der Waals surface area contributed by atoms with Gasteiger partial charge < -0.3 is 9.72 Å². The molecule has 2 aromatic carbocycles. The first kappa shape index (κ1) is 21.2. The molecule has 0 radical (unpaired) electrons. The lowest BCUT2D eigenvalue weighted by Crippen LogP contribution is -2.21. The van der Waals surface area contributed by atoms with E-state index in [-0.39, 0.29) is 17.5 Å². The summed E-state index contributed by atoms with van der Waals surface area (Å²) in [6.45, 7) is 0. The number of para-hydroxylation sites is 2. The largest absolute Gasteiger partial charge is 0.497 e. The van der Waals surface area contributed by atoms with Crippen molar-refractivity contribution in [2.75, 3.05) is 12.9 Å². The van der Waals surface area contributed by atoms with Gasteiger partial charge in [-0.2, -0.15) is 5.10 Å². The van der Waals surface area contributed by atoms with Crippen LogP contribution < -0.4 is 10.2 Å². The Labute approximate surface area is 188 Å². The number of thioether (sulfide) groups is 1. The molecule has 160 valence electrons. The van der Waals surface area contributed by atoms with E-state index in [1.807, 2.05) is 24.3 Å². The van der Waals surface area contributed by atoms with E-state index in [9.17, 15) is 4.79 Å². The molecular formula is C22H19N7O2S. The Kier molecular flexibility index (Phi) is 6.83. The molecule has 1 amide bonds. The number of H-pyrrole nitrogens is 1. The minimum absolute atomic E-state index is 0.138. The molecule has 10 heteroatoms. The van der Waals surface area contributed by atoms with Crippen LogP contribution in [0.15, 0.2) is 93.5 Å². The summed E-state index contributed by atoms with van der Waals surface area (Å²) in [5.74, 6) is 0.797. The summed E-state index contributed by atoms with van der Waals surface area (Å²) in [5, 5.41) is 13.2. The van der Waals surface area contributed by atoms with E-state index in [4.69, 9.17) is 4.74 Å². The number of aromatic nitrogens is 3. The molecule has 0 aliphatic heterocycles. The number of azo groups is 1. The highest BCUT2D eigenvalue weighted by Gasteiger charge is 2.08. The molecule has 0 aliphatic carbocycles. The van der Waals surface area contributed by atoms with Crippen LogP contribution in [0.1, 0.15) is 5.56 Å². The lowest BCUT2D eigenvalue weighted by Gasteiger charge is -2.02. The Balaban J connectivity index is 1.43. The van der Waals surface area contributed by atoms with Gasteiger partial charge in [-0.15, -0.1) is 10.2 Å². The van der Waals surface area contributed by atoms with Crippen LogP contribution in [0.2, 0.25) is 0 Å². The van der Waals surface area contributed by atoms with Crippen molar-refractivity contribution < 1.29 is 9.53 Å². The fourth-order valence-electron chi connectivity index (χ4n) is 2.67. The second-order valence-electron chi connectivity index (χ2n) is 6.46. The quantitative estimate of drug-likeness (QED) is 0.144. The molecule has 4 rings (SSSR count). The lowest BCUT2D eigenvalue weighted by molar-refractivity contribution is -0.118. The molecule has 2 aromatic heterocycles. The van der Waals surface area contributed by atoms with Crippen molar-refractivity contribution in [1.29, 1.82) is 0 Å². The molecule has 2 N–H and O–H groups in total. The van der Waals surface area contributed by atoms with Gasteiger partial charge in [-0.25, -0.2) is 10.4 Å². The Morgan fingerprint density at radius 1 is 1.12 bits per heavy atom. The number of pyridine rings is 1. The molecule has 4 aromatic rings. The zero-order valence-corrected chi connectivity index (χ0v) is 17.9. The Morgan fingerprint density at radius 2 is 1.97 bits per heavy atom. The third-order valence-electron chi connectivity index (χ3n) is 4.25. The van der Waals surface area contributed by atoms with Crippen LogP contribution in [0.4, 0.5) is 5.69 Å². The van der Waals surface area contributed by atoms with Gasteiger partial charge >= 0.3 is 0 Å². The maximum Gasteiger partial charge on any atom is 0.250 e. The van der Waals surface area contributed by atoms with Crippen molar-refractivity contribution in [3.8, 4) is 5.75 Å². The third-order valence-corrected chi connectivity index (χ3v) is 5.12. The number of hydrazone groups is 1. The first-order valence-electron chi connectivity index (χ1n) is 9.61. The van der Waals surface area contributed by atoms with Crippen LogP contribution in [-0.2, 0) is 4.79 Å². The summed E-state index contributed by atoms with van der Waals surface area (Å²) in [4.78, 5) is 24.0. The van der Waals surface area contributed by atoms with E-state index in [0.717, 1.165) is 16.8 Å². The molecule has 0 saturated heterocycles. The fraction of sp³-hybridized carbons (Fsp3) is 0.0909. The zero-order valence-electron chi connectivity index (χ0n) is 17.1. The van der Waals surface area contributed by atoms with Crippen molar-refractivity contribution in [3.63, 3.8) is 0 Å². The van der Waals surface area contributed by atoms with Gasteiger partial charge in [0.05, 0.1) is 29.6 Å². The Bertz CT molecular complexity index is 1220. The van der Waals surface area contributed by atoms with Gasteiger partial charge in [0.25, 0.3) is 5.91 Å². The minimum Gasteiger partial charge on any atom is -0.497 e. The lowest BCUT2D eigenvalue weighted by atomic mass is 10.3. The smallest absolute Gasteiger partial charge is 0.250 e. The molecule has 9 nitrogen and oxygen atoms in total. The summed E-state index contributed by atoms with van der Waals surface area (Å²) in [5.41, 5.74) is 5.54. The summed E-state index contributed by atoms with van der Waals surface area (Å²) < 4.78 is 5.14. The van der Waals surface area contributed by atoms with Crippen LogP contribution in [0.25, 0.3) is 11.0 Å². The van der Waals surface area contributed by atoms with Crippen LogP contribution in [0.5, 0.6) is 5.75 Å². The number of hydrogen-bond acceptors (Lipinski definition) is 7. The van der Waals surface area contributed by atoms with E-state index in [0.29, 0.717) is 16.4 Å². The Morgan fingerprint density at radius 3 is 2.72 bits per heavy atom. The number of rotatable bonds is 7. The topological polar surface area (TPSA) is 117 Å². The van der Waals surface area contributed by atoms with Crippen molar-refractivity contribution in [3.05, 3.63) is 78.6 Å². The molecular weight excluding hydrogens is 426 g/mol. The number of amides is 1. The summed E-state index contributed by atoms with van der Waals surface area (Å²) in [6.07, 6.45) is 3.24. The Hall–Kier alpha value is -4.05. The van der Waals surface area contributed by atoms with Gasteiger partial charge in [0.15, 0.2) is 5.16 Å². The second kappa shape index (κ2) is 10.3. The first-order valence-corrected chi connectivity index (χ1v) is 10.6. The number of benzene rings is 2. The molecule has 32 heavy (non-hydrogen) atoms. The third kappa shape index (κ3) is 5.55. The molecule has 0 fully saturated rings. The van der Waals surface area contributed by atoms with E-state index in [1.54, 1.807) is 55.9 Å². The number of fused-ring (bicyclic) bond motifs is 1. The first-order chi connectivity index (χ1) is 15.7. The fourth-order valence-corrected chi connectivity index (χ4v) is 3.35. The molecule has 0 saturated carbocycles. The van der Waals surface area contributed by atoms with Crippen molar-refractivity contribution >= 4 is 40.2 Å². The highest BCUT2D eigenvalue weighted by atomic mass is 32.2. The number of hydrogen-bond donors (Lipinski definition) is 2. The summed E-state index contributed by atoms with van der Waals surface area (Å²) in [7, 11) is 1.60. The average Bonchev–Trinajstić information content (AvgIpc) is 3.27. The van der Waals surface area contributed by atoms with Gasteiger partial charge in [-0.05, 0) is 48.5 Å². The number of amidine groups is 1. The molecule has 0 bridgehead atoms. The number of carbonyl (C=O) groups is 1. The van der Waals surface area contributed by atoms with Gasteiger partial charge in [0.2, 0.25) is 5.84 Å². The zero-order chi connectivity index (χ0) is 22.2. The number of imidazole rings is 1. The summed E-state index contributed by atoms with van der Waals surface area (Å²) in [6, 6.07) is 18.3. The molecule has 0 unspecified atom stereocenters. The minimum atomic E-state index is -0.295. The van der Waals surface area contributed by atoms with Crippen molar-refractivity contribution in [2.45, 2.75) is 5.16 Å². The second-order valence-corrected chi connectivity index (χ2v) is 7.42. The van der Waals surface area contributed by atoms with Crippen LogP contribution in [-0.4, -0.2) is 39.6 Å². The molecule has 0 atom stereocenters. The molecule has 2 heterocycles. The van der Waals surface area contributed by atoms with Gasteiger partial charge in [0.1, 0.15) is 5.75 Å². The maximum absolute atomic E-state index is 12.3. The normalized spacial score (nSPS) is 11.7. The standard InChI is InChI=1S/C22H19N7O2S/c1-31-17-10-8-16(9-11-17)26-28-21(15-5-4-12-23-13-15)29-27-20(30)14-32-22-24-18-6-2-3-7-19(18)25-22/h2-13H,14H2,1H3,(H,24,25)(H,27,30)/b28-26?,29-21-. The van der Waals surface area contributed by atoms with Crippen molar-refractivity contribution in [2.24, 2.45) is 15.3 Å². The van der Waals surface area contributed by atoms with Crippen LogP contribution in [0.3, 0.4) is 0 Å². The number of nitrogens with zero attached hydrogens (tertiary/aromatic N) is 5. The number of aromatic amines is 1. The van der Waals surface area contributed by atoms with Gasteiger partial charge in [-0.1, -0.05) is 23.9 Å². The number of carbonyl (C=O) groups excluding carboxylic acids is 1. The van der Waals surface area contributed by atoms with Crippen molar-refractivity contribution in [1.82, 2.24) is 20.4 Å². The van der Waals surface area contributed by atoms with Crippen LogP contribution in [0, 0.1) is 0 Å². The number of ether oxygens (including phenoxy) is 1. The monoisotopic (exact) mass is 445 g/mol. The predicted octanol–water partition coefficient (Wildman–Crippen LogP) is 4.32. The molecule has 0 aliphatic rings. The summed E-state index contributed by atoms with van der Waals surface area (Å²) >= 11 is 1.29. The highest BCUT2D eigenvalue weighted by molar-refractivity contribution is 7.99. The predicted molar refractivity (Wildman–Crippen MR) is 123 cm³/mol.